The van der Waals surface area contributed by atoms with E-state index in [1.165, 1.54) is 0 Å². The second-order valence-corrected chi connectivity index (χ2v) is 5.80. The standard InChI is InChI=1S/C17H22N4O/c1-4-10-19-11-20(15-8-6-5-7-9-15)17-18-14(3)13(2)16(22)21(17)12-19/h5-9H,4,10-12H2,1-3H3. The molecule has 0 fully saturated rings. The zero-order chi connectivity index (χ0) is 15.7. The Morgan fingerprint density at radius 2 is 1.86 bits per heavy atom. The molecule has 0 amide bonds. The van der Waals surface area contributed by atoms with E-state index in [0.717, 1.165) is 42.5 Å². The molecular weight excluding hydrogens is 276 g/mol. The van der Waals surface area contributed by atoms with Crippen LogP contribution in [0, 0.1) is 13.8 Å². The molecule has 0 saturated carbocycles. The molecule has 0 atom stereocenters. The van der Waals surface area contributed by atoms with Crippen LogP contribution >= 0.6 is 0 Å². The molecule has 0 N–H and O–H groups in total. The van der Waals surface area contributed by atoms with Crippen molar-refractivity contribution in [2.45, 2.75) is 33.9 Å². The molecule has 1 aromatic carbocycles. The van der Waals surface area contributed by atoms with Crippen molar-refractivity contribution in [2.75, 3.05) is 18.1 Å². The van der Waals surface area contributed by atoms with E-state index >= 15 is 0 Å². The number of hydrogen-bond acceptors (Lipinski definition) is 4. The zero-order valence-electron chi connectivity index (χ0n) is 13.4. The van der Waals surface area contributed by atoms with E-state index in [2.05, 4.69) is 33.8 Å². The number of hydrogen-bond donors (Lipinski definition) is 0. The van der Waals surface area contributed by atoms with Crippen LogP contribution in [-0.4, -0.2) is 27.7 Å². The van der Waals surface area contributed by atoms with Crippen molar-refractivity contribution in [3.05, 3.63) is 51.9 Å². The third kappa shape index (κ3) is 2.52. The van der Waals surface area contributed by atoms with Crippen molar-refractivity contribution in [1.29, 1.82) is 0 Å². The Kier molecular flexibility index (Phi) is 3.98. The van der Waals surface area contributed by atoms with Gasteiger partial charge in [0.05, 0.1) is 13.3 Å². The molecule has 0 aliphatic carbocycles. The van der Waals surface area contributed by atoms with Crippen molar-refractivity contribution < 1.29 is 0 Å². The van der Waals surface area contributed by atoms with Gasteiger partial charge in [0.1, 0.15) is 0 Å². The number of fused-ring (bicyclic) bond motifs is 1. The van der Waals surface area contributed by atoms with Gasteiger partial charge in [-0.15, -0.1) is 0 Å². The van der Waals surface area contributed by atoms with Crippen LogP contribution in [-0.2, 0) is 6.67 Å². The molecule has 1 aliphatic heterocycles. The summed E-state index contributed by atoms with van der Waals surface area (Å²) in [4.78, 5) is 21.7. The molecular formula is C17H22N4O. The average molecular weight is 298 g/mol. The third-order valence-electron chi connectivity index (χ3n) is 4.15. The van der Waals surface area contributed by atoms with Gasteiger partial charge in [0, 0.05) is 23.5 Å². The van der Waals surface area contributed by atoms with E-state index < -0.39 is 0 Å². The Morgan fingerprint density at radius 1 is 1.14 bits per heavy atom. The van der Waals surface area contributed by atoms with Crippen molar-refractivity contribution in [1.82, 2.24) is 14.5 Å². The van der Waals surface area contributed by atoms with Crippen LogP contribution in [0.2, 0.25) is 0 Å². The molecule has 5 nitrogen and oxygen atoms in total. The fourth-order valence-corrected chi connectivity index (χ4v) is 2.85. The lowest BCUT2D eigenvalue weighted by Gasteiger charge is -2.38. The molecule has 2 heterocycles. The fraction of sp³-hybridized carbons (Fsp3) is 0.412. The van der Waals surface area contributed by atoms with E-state index in [1.807, 2.05) is 32.0 Å². The van der Waals surface area contributed by atoms with Gasteiger partial charge in [0.25, 0.3) is 5.56 Å². The molecule has 116 valence electrons. The smallest absolute Gasteiger partial charge is 0.259 e. The van der Waals surface area contributed by atoms with Gasteiger partial charge in [-0.1, -0.05) is 25.1 Å². The Morgan fingerprint density at radius 3 is 2.55 bits per heavy atom. The number of para-hydroxylation sites is 1. The second kappa shape index (κ2) is 5.93. The van der Waals surface area contributed by atoms with Gasteiger partial charge in [-0.2, -0.15) is 0 Å². The molecule has 2 aromatic rings. The molecule has 1 aromatic heterocycles. The summed E-state index contributed by atoms with van der Waals surface area (Å²) in [7, 11) is 0. The first-order valence-corrected chi connectivity index (χ1v) is 7.74. The number of aromatic nitrogens is 2. The number of aryl methyl sites for hydroxylation is 1. The molecule has 0 bridgehead atoms. The second-order valence-electron chi connectivity index (χ2n) is 5.80. The van der Waals surface area contributed by atoms with Gasteiger partial charge < -0.3 is 0 Å². The summed E-state index contributed by atoms with van der Waals surface area (Å²) in [6.45, 7) is 8.24. The van der Waals surface area contributed by atoms with Crippen LogP contribution in [0.25, 0.3) is 0 Å². The van der Waals surface area contributed by atoms with E-state index in [9.17, 15) is 4.79 Å². The maximum atomic E-state index is 12.6. The normalized spacial score (nSPS) is 15.0. The predicted octanol–water partition coefficient (Wildman–Crippen LogP) is 2.64. The molecule has 5 heteroatoms. The first kappa shape index (κ1) is 14.8. The van der Waals surface area contributed by atoms with Crippen molar-refractivity contribution in [2.24, 2.45) is 0 Å². The van der Waals surface area contributed by atoms with Gasteiger partial charge >= 0.3 is 0 Å². The molecule has 22 heavy (non-hydrogen) atoms. The van der Waals surface area contributed by atoms with Crippen LogP contribution in [0.5, 0.6) is 0 Å². The largest absolute Gasteiger partial charge is 0.298 e. The summed E-state index contributed by atoms with van der Waals surface area (Å²) in [6, 6.07) is 10.1. The molecule has 3 rings (SSSR count). The number of anilines is 2. The Labute approximate surface area is 130 Å². The van der Waals surface area contributed by atoms with Gasteiger partial charge in [0.15, 0.2) is 0 Å². The van der Waals surface area contributed by atoms with Gasteiger partial charge in [-0.05, 0) is 32.4 Å². The summed E-state index contributed by atoms with van der Waals surface area (Å²) in [5.41, 5.74) is 2.66. The molecule has 1 aliphatic rings. The maximum Gasteiger partial charge on any atom is 0.259 e. The summed E-state index contributed by atoms with van der Waals surface area (Å²) in [6.07, 6.45) is 1.06. The van der Waals surface area contributed by atoms with Crippen LogP contribution in [0.1, 0.15) is 24.6 Å². The lowest BCUT2D eigenvalue weighted by molar-refractivity contribution is 0.198. The monoisotopic (exact) mass is 298 g/mol. The van der Waals surface area contributed by atoms with Crippen LogP contribution < -0.4 is 10.5 Å². The highest BCUT2D eigenvalue weighted by Gasteiger charge is 2.26. The minimum absolute atomic E-state index is 0.0595. The quantitative estimate of drug-likeness (QED) is 0.873. The number of nitrogens with zero attached hydrogens (tertiary/aromatic N) is 4. The Bertz CT molecular complexity index is 723. The molecule has 0 radical (unpaired) electrons. The van der Waals surface area contributed by atoms with Gasteiger partial charge in [-0.25, -0.2) is 4.98 Å². The van der Waals surface area contributed by atoms with E-state index in [4.69, 9.17) is 0 Å². The van der Waals surface area contributed by atoms with Crippen LogP contribution in [0.3, 0.4) is 0 Å². The molecule has 0 spiro atoms. The summed E-state index contributed by atoms with van der Waals surface area (Å²) in [5, 5.41) is 0. The molecule has 0 unspecified atom stereocenters. The third-order valence-corrected chi connectivity index (χ3v) is 4.15. The highest BCUT2D eigenvalue weighted by atomic mass is 16.1. The zero-order valence-corrected chi connectivity index (χ0v) is 13.4. The van der Waals surface area contributed by atoms with E-state index in [-0.39, 0.29) is 5.56 Å². The SMILES string of the molecule is CCCN1CN(c2ccccc2)c2nc(C)c(C)c(=O)n2C1. The molecule has 0 saturated heterocycles. The lowest BCUT2D eigenvalue weighted by Crippen LogP contribution is -2.48. The van der Waals surface area contributed by atoms with E-state index in [0.29, 0.717) is 6.67 Å². The lowest BCUT2D eigenvalue weighted by atomic mass is 10.2. The van der Waals surface area contributed by atoms with Crippen LogP contribution in [0.15, 0.2) is 35.1 Å². The Balaban J connectivity index is 2.14. The first-order chi connectivity index (χ1) is 10.6. The van der Waals surface area contributed by atoms with Crippen molar-refractivity contribution in [3.63, 3.8) is 0 Å². The van der Waals surface area contributed by atoms with Crippen molar-refractivity contribution in [3.8, 4) is 0 Å². The fourth-order valence-electron chi connectivity index (χ4n) is 2.85. The van der Waals surface area contributed by atoms with Crippen molar-refractivity contribution >= 4 is 11.6 Å². The van der Waals surface area contributed by atoms with Crippen LogP contribution in [0.4, 0.5) is 11.6 Å². The van der Waals surface area contributed by atoms with E-state index in [1.54, 1.807) is 4.57 Å². The maximum absolute atomic E-state index is 12.6. The highest BCUT2D eigenvalue weighted by molar-refractivity contribution is 5.58. The average Bonchev–Trinajstić information content (AvgIpc) is 2.54. The summed E-state index contributed by atoms with van der Waals surface area (Å²) in [5.74, 6) is 0.742. The minimum Gasteiger partial charge on any atom is -0.298 e. The summed E-state index contributed by atoms with van der Waals surface area (Å²) >= 11 is 0. The minimum atomic E-state index is 0.0595. The Hall–Kier alpha value is -2.14. The number of benzene rings is 1. The highest BCUT2D eigenvalue weighted by Crippen LogP contribution is 2.27. The van der Waals surface area contributed by atoms with Gasteiger partial charge in [-0.3, -0.25) is 19.2 Å². The topological polar surface area (TPSA) is 41.4 Å². The first-order valence-electron chi connectivity index (χ1n) is 7.74. The summed E-state index contributed by atoms with van der Waals surface area (Å²) < 4.78 is 1.79. The number of rotatable bonds is 3. The van der Waals surface area contributed by atoms with Gasteiger partial charge in [0.2, 0.25) is 5.95 Å². The predicted molar refractivity (Wildman–Crippen MR) is 88.4 cm³/mol.